The van der Waals surface area contributed by atoms with Gasteiger partial charge >= 0.3 is 0 Å². The zero-order chi connectivity index (χ0) is 14.3. The van der Waals surface area contributed by atoms with Crippen molar-refractivity contribution in [3.8, 4) is 0 Å². The first-order chi connectivity index (χ1) is 9.44. The van der Waals surface area contributed by atoms with Crippen LogP contribution in [-0.2, 0) is 17.6 Å². The molecule has 108 valence electrons. The quantitative estimate of drug-likeness (QED) is 0.762. The van der Waals surface area contributed by atoms with Crippen LogP contribution in [0.1, 0.15) is 44.2 Å². The van der Waals surface area contributed by atoms with Crippen molar-refractivity contribution in [2.24, 2.45) is 5.92 Å². The Labute approximate surface area is 129 Å². The highest BCUT2D eigenvalue weighted by Crippen LogP contribution is 2.36. The molecule has 0 spiro atoms. The van der Waals surface area contributed by atoms with E-state index in [4.69, 9.17) is 0 Å². The highest BCUT2D eigenvalue weighted by Gasteiger charge is 2.35. The van der Waals surface area contributed by atoms with Gasteiger partial charge in [0.15, 0.2) is 0 Å². The van der Waals surface area contributed by atoms with Gasteiger partial charge in [0.05, 0.1) is 0 Å². The number of carbonyl (C=O) groups is 1. The van der Waals surface area contributed by atoms with E-state index in [1.165, 1.54) is 11.1 Å². The summed E-state index contributed by atoms with van der Waals surface area (Å²) >= 11 is 3.71. The first-order valence-electron chi connectivity index (χ1n) is 7.56. The number of fused-ring (bicyclic) bond motifs is 1. The maximum atomic E-state index is 12.4. The molecule has 3 heteroatoms. The first kappa shape index (κ1) is 14.1. The molecule has 0 unspecified atom stereocenters. The van der Waals surface area contributed by atoms with E-state index in [9.17, 15) is 4.79 Å². The number of halogens is 1. The molecular formula is C17H22BrNO. The van der Waals surface area contributed by atoms with Crippen LogP contribution in [0.2, 0.25) is 0 Å². The zero-order valence-corrected chi connectivity index (χ0v) is 13.9. The van der Waals surface area contributed by atoms with Gasteiger partial charge in [-0.3, -0.25) is 4.79 Å². The second-order valence-corrected chi connectivity index (χ2v) is 8.87. The van der Waals surface area contributed by atoms with Gasteiger partial charge in [-0.05, 0) is 63.1 Å². The molecule has 1 aliphatic carbocycles. The van der Waals surface area contributed by atoms with Gasteiger partial charge in [-0.1, -0.05) is 28.1 Å². The topological polar surface area (TPSA) is 20.3 Å². The maximum absolute atomic E-state index is 12.4. The fraction of sp³-hybridized carbons (Fsp3) is 0.588. The van der Waals surface area contributed by atoms with E-state index in [2.05, 4.69) is 48.0 Å². The summed E-state index contributed by atoms with van der Waals surface area (Å²) in [5, 5.41) is 0. The molecule has 0 saturated heterocycles. The molecule has 0 aromatic heterocycles. The van der Waals surface area contributed by atoms with Crippen molar-refractivity contribution in [1.29, 1.82) is 0 Å². The summed E-state index contributed by atoms with van der Waals surface area (Å²) in [6, 6.07) is 6.63. The van der Waals surface area contributed by atoms with Crippen LogP contribution < -0.4 is 4.90 Å². The third kappa shape index (κ3) is 3.08. The summed E-state index contributed by atoms with van der Waals surface area (Å²) < 4.78 is 0.124. The number of anilines is 1. The molecule has 1 aromatic carbocycles. The normalized spacial score (nSPS) is 18.9. The molecule has 1 saturated carbocycles. The fourth-order valence-electron chi connectivity index (χ4n) is 3.03. The van der Waals surface area contributed by atoms with Crippen LogP contribution in [-0.4, -0.2) is 16.8 Å². The van der Waals surface area contributed by atoms with Crippen LogP contribution in [0.25, 0.3) is 0 Å². The van der Waals surface area contributed by atoms with E-state index in [0.29, 0.717) is 11.8 Å². The van der Waals surface area contributed by atoms with Gasteiger partial charge < -0.3 is 4.90 Å². The van der Waals surface area contributed by atoms with Gasteiger partial charge in [-0.2, -0.15) is 0 Å². The minimum Gasteiger partial charge on any atom is -0.312 e. The fourth-order valence-corrected chi connectivity index (χ4v) is 3.35. The second kappa shape index (κ2) is 5.18. The number of carbonyl (C=O) groups excluding carboxylic acids is 1. The van der Waals surface area contributed by atoms with E-state index >= 15 is 0 Å². The molecule has 0 radical (unpaired) electrons. The van der Waals surface area contributed by atoms with E-state index in [-0.39, 0.29) is 4.32 Å². The lowest BCUT2D eigenvalue weighted by molar-refractivity contribution is -0.119. The molecule has 2 nitrogen and oxygen atoms in total. The standard InChI is InChI=1S/C17H22BrNO/c1-17(2,18)11-12-5-8-15-14(10-12)4-3-9-19(15)16(20)13-6-7-13/h5,8,10,13H,3-4,6-7,9,11H2,1-2H3. The summed E-state index contributed by atoms with van der Waals surface area (Å²) in [5.41, 5.74) is 3.86. The molecular weight excluding hydrogens is 314 g/mol. The predicted octanol–water partition coefficient (Wildman–Crippen LogP) is 4.09. The minimum absolute atomic E-state index is 0.124. The van der Waals surface area contributed by atoms with Gasteiger partial charge in [0.1, 0.15) is 0 Å². The third-order valence-corrected chi connectivity index (χ3v) is 4.36. The van der Waals surface area contributed by atoms with Crippen molar-refractivity contribution in [3.05, 3.63) is 29.3 Å². The van der Waals surface area contributed by atoms with Crippen LogP contribution in [0.4, 0.5) is 5.69 Å². The van der Waals surface area contributed by atoms with Gasteiger partial charge in [-0.25, -0.2) is 0 Å². The maximum Gasteiger partial charge on any atom is 0.230 e. The summed E-state index contributed by atoms with van der Waals surface area (Å²) in [6.45, 7) is 5.27. The smallest absolute Gasteiger partial charge is 0.230 e. The molecule has 2 aliphatic rings. The van der Waals surface area contributed by atoms with Crippen molar-refractivity contribution >= 4 is 27.5 Å². The summed E-state index contributed by atoms with van der Waals surface area (Å²) in [5.74, 6) is 0.654. The highest BCUT2D eigenvalue weighted by atomic mass is 79.9. The van der Waals surface area contributed by atoms with E-state index < -0.39 is 0 Å². The van der Waals surface area contributed by atoms with Crippen molar-refractivity contribution in [1.82, 2.24) is 0 Å². The van der Waals surface area contributed by atoms with E-state index in [0.717, 1.165) is 44.3 Å². The molecule has 0 atom stereocenters. The summed E-state index contributed by atoms with van der Waals surface area (Å²) in [7, 11) is 0. The summed E-state index contributed by atoms with van der Waals surface area (Å²) in [4.78, 5) is 14.4. The Bertz CT molecular complexity index is 528. The van der Waals surface area contributed by atoms with Crippen molar-refractivity contribution < 1.29 is 4.79 Å². The molecule has 1 aromatic rings. The lowest BCUT2D eigenvalue weighted by atomic mass is 9.95. The average molecular weight is 336 g/mol. The van der Waals surface area contributed by atoms with Gasteiger partial charge in [0, 0.05) is 22.5 Å². The lowest BCUT2D eigenvalue weighted by Crippen LogP contribution is -2.36. The van der Waals surface area contributed by atoms with E-state index in [1.54, 1.807) is 0 Å². The first-order valence-corrected chi connectivity index (χ1v) is 8.35. The number of hydrogen-bond donors (Lipinski definition) is 0. The molecule has 0 bridgehead atoms. The third-order valence-electron chi connectivity index (χ3n) is 4.08. The van der Waals surface area contributed by atoms with Crippen molar-refractivity contribution in [3.63, 3.8) is 0 Å². The van der Waals surface area contributed by atoms with Gasteiger partial charge in [0.2, 0.25) is 5.91 Å². The number of aryl methyl sites for hydroxylation is 1. The minimum atomic E-state index is 0.124. The molecule has 1 fully saturated rings. The van der Waals surface area contributed by atoms with E-state index in [1.807, 2.05) is 4.90 Å². The van der Waals surface area contributed by atoms with Crippen LogP contribution in [0.5, 0.6) is 0 Å². The molecule has 1 amide bonds. The number of amides is 1. The number of rotatable bonds is 3. The Morgan fingerprint density at radius 3 is 2.80 bits per heavy atom. The molecule has 3 rings (SSSR count). The van der Waals surface area contributed by atoms with Crippen LogP contribution in [0, 0.1) is 5.92 Å². The molecule has 1 heterocycles. The molecule has 0 N–H and O–H groups in total. The average Bonchev–Trinajstić information content (AvgIpc) is 3.19. The largest absolute Gasteiger partial charge is 0.312 e. The number of nitrogens with zero attached hydrogens (tertiary/aromatic N) is 1. The zero-order valence-electron chi connectivity index (χ0n) is 12.3. The van der Waals surface area contributed by atoms with Crippen LogP contribution >= 0.6 is 15.9 Å². The number of hydrogen-bond acceptors (Lipinski definition) is 1. The van der Waals surface area contributed by atoms with Crippen molar-refractivity contribution in [2.45, 2.75) is 50.3 Å². The van der Waals surface area contributed by atoms with Crippen LogP contribution in [0.3, 0.4) is 0 Å². The SMILES string of the molecule is CC(C)(Br)Cc1ccc2c(c1)CCCN2C(=O)C1CC1. The monoisotopic (exact) mass is 335 g/mol. The second-order valence-electron chi connectivity index (χ2n) is 6.73. The number of benzene rings is 1. The predicted molar refractivity (Wildman–Crippen MR) is 86.6 cm³/mol. The van der Waals surface area contributed by atoms with Gasteiger partial charge in [-0.15, -0.1) is 0 Å². The Hall–Kier alpha value is -0.830. The van der Waals surface area contributed by atoms with Crippen LogP contribution in [0.15, 0.2) is 18.2 Å². The molecule has 20 heavy (non-hydrogen) atoms. The van der Waals surface area contributed by atoms with Crippen molar-refractivity contribution in [2.75, 3.05) is 11.4 Å². The molecule has 1 aliphatic heterocycles. The Morgan fingerprint density at radius 1 is 1.40 bits per heavy atom. The van der Waals surface area contributed by atoms with Gasteiger partial charge in [0.25, 0.3) is 0 Å². The number of alkyl halides is 1. The lowest BCUT2D eigenvalue weighted by Gasteiger charge is -2.30. The summed E-state index contributed by atoms with van der Waals surface area (Å²) in [6.07, 6.45) is 5.37. The Balaban J connectivity index is 1.85. The Morgan fingerprint density at radius 2 is 2.15 bits per heavy atom. The Kier molecular flexibility index (Phi) is 3.65. The highest BCUT2D eigenvalue weighted by molar-refractivity contribution is 9.10.